The van der Waals surface area contributed by atoms with Crippen LogP contribution in [0.4, 0.5) is 10.2 Å². The Bertz CT molecular complexity index is 922. The molecule has 0 aliphatic carbocycles. The van der Waals surface area contributed by atoms with Gasteiger partial charge in [-0.1, -0.05) is 18.2 Å². The van der Waals surface area contributed by atoms with Gasteiger partial charge in [0.1, 0.15) is 6.10 Å². The second-order valence-electron chi connectivity index (χ2n) is 6.51. The van der Waals surface area contributed by atoms with E-state index in [1.54, 1.807) is 12.1 Å². The average Bonchev–Trinajstić information content (AvgIpc) is 2.71. The molecule has 1 aromatic heterocycles. The molecule has 0 spiro atoms. The summed E-state index contributed by atoms with van der Waals surface area (Å²) in [5, 5.41) is 14.6. The number of hydrogen-bond donors (Lipinski definition) is 3. The van der Waals surface area contributed by atoms with Crippen molar-refractivity contribution in [2.75, 3.05) is 18.8 Å². The standard InChI is InChI=1S/C18H22FN9O/c19-15-10-24-18(25-16(15)21)29-14-5-7-27(8-6-14)17(22)26-28(23)11-13-4-2-1-3-12(13)9-20/h1-4,10,14H,5-8,11,23H2,(H2,22,26)(H2,21,24,25). The molecular formula is C18H22FN9O. The number of nitrogen functional groups attached to an aromatic ring is 1. The first kappa shape index (κ1) is 20.1. The van der Waals surface area contributed by atoms with Gasteiger partial charge in [-0.25, -0.2) is 20.3 Å². The van der Waals surface area contributed by atoms with Gasteiger partial charge in [0.05, 0.1) is 24.4 Å². The van der Waals surface area contributed by atoms with E-state index >= 15 is 0 Å². The summed E-state index contributed by atoms with van der Waals surface area (Å²) in [6.07, 6.45) is 2.15. The Morgan fingerprint density at radius 3 is 2.79 bits per heavy atom. The number of benzene rings is 1. The smallest absolute Gasteiger partial charge is 0.318 e. The number of ether oxygens (including phenoxy) is 1. The minimum Gasteiger partial charge on any atom is -0.460 e. The number of anilines is 1. The lowest BCUT2D eigenvalue weighted by molar-refractivity contribution is 0.118. The summed E-state index contributed by atoms with van der Waals surface area (Å²) >= 11 is 0. The van der Waals surface area contributed by atoms with Gasteiger partial charge in [0.15, 0.2) is 11.6 Å². The van der Waals surface area contributed by atoms with Crippen LogP contribution in [0.1, 0.15) is 24.0 Å². The molecule has 1 aromatic carbocycles. The molecule has 11 heteroatoms. The fourth-order valence-corrected chi connectivity index (χ4v) is 2.94. The van der Waals surface area contributed by atoms with Crippen molar-refractivity contribution < 1.29 is 9.13 Å². The van der Waals surface area contributed by atoms with E-state index in [1.807, 2.05) is 17.0 Å². The molecule has 0 amide bonds. The summed E-state index contributed by atoms with van der Waals surface area (Å²) in [5.74, 6) is 5.29. The molecule has 10 nitrogen and oxygen atoms in total. The third-order valence-electron chi connectivity index (χ3n) is 4.49. The fraction of sp³-hybridized carbons (Fsp3) is 0.333. The Labute approximate surface area is 167 Å². The van der Waals surface area contributed by atoms with Gasteiger partial charge >= 0.3 is 6.01 Å². The van der Waals surface area contributed by atoms with Crippen LogP contribution in [-0.2, 0) is 6.54 Å². The van der Waals surface area contributed by atoms with Crippen LogP contribution in [0, 0.1) is 17.1 Å². The van der Waals surface area contributed by atoms with Crippen molar-refractivity contribution in [3.05, 3.63) is 47.4 Å². The molecule has 1 aliphatic rings. The molecular weight excluding hydrogens is 377 g/mol. The SMILES string of the molecule is N#Cc1ccccc1CN(N)/N=C(\N)N1CCC(Oc2ncc(F)c(N)n2)CC1. The number of aromatic nitrogens is 2. The molecule has 1 fully saturated rings. The minimum atomic E-state index is -0.681. The van der Waals surface area contributed by atoms with Crippen molar-refractivity contribution in [2.45, 2.75) is 25.5 Å². The van der Waals surface area contributed by atoms with Crippen molar-refractivity contribution in [2.24, 2.45) is 16.7 Å². The summed E-state index contributed by atoms with van der Waals surface area (Å²) in [5.41, 5.74) is 12.8. The lowest BCUT2D eigenvalue weighted by Crippen LogP contribution is -2.46. The number of guanidine groups is 1. The molecule has 2 aromatic rings. The highest BCUT2D eigenvalue weighted by Crippen LogP contribution is 2.17. The van der Waals surface area contributed by atoms with Crippen molar-refractivity contribution in [3.8, 4) is 12.1 Å². The fourth-order valence-electron chi connectivity index (χ4n) is 2.94. The normalized spacial score (nSPS) is 15.1. The van der Waals surface area contributed by atoms with E-state index in [-0.39, 0.29) is 30.4 Å². The number of halogens is 1. The summed E-state index contributed by atoms with van der Waals surface area (Å²) in [6, 6.07) is 9.33. The minimum absolute atomic E-state index is 0.0493. The highest BCUT2D eigenvalue weighted by molar-refractivity contribution is 5.77. The van der Waals surface area contributed by atoms with E-state index in [2.05, 4.69) is 21.1 Å². The van der Waals surface area contributed by atoms with E-state index in [0.717, 1.165) is 11.8 Å². The second kappa shape index (κ2) is 9.03. The van der Waals surface area contributed by atoms with E-state index < -0.39 is 5.82 Å². The zero-order valence-corrected chi connectivity index (χ0v) is 15.7. The Hall–Kier alpha value is -3.65. The van der Waals surface area contributed by atoms with E-state index in [1.165, 1.54) is 5.12 Å². The maximum atomic E-state index is 13.1. The number of nitrogens with two attached hydrogens (primary N) is 3. The van der Waals surface area contributed by atoms with Crippen LogP contribution in [0.2, 0.25) is 0 Å². The third kappa shape index (κ3) is 5.20. The van der Waals surface area contributed by atoms with Crippen LogP contribution < -0.4 is 22.0 Å². The number of likely N-dealkylation sites (tertiary alicyclic amines) is 1. The molecule has 0 saturated carbocycles. The van der Waals surface area contributed by atoms with Gasteiger partial charge in [0, 0.05) is 25.9 Å². The third-order valence-corrected chi connectivity index (χ3v) is 4.49. The van der Waals surface area contributed by atoms with Gasteiger partial charge in [-0.05, 0) is 11.6 Å². The Morgan fingerprint density at radius 2 is 2.10 bits per heavy atom. The summed E-state index contributed by atoms with van der Waals surface area (Å²) < 4.78 is 18.8. The van der Waals surface area contributed by atoms with Gasteiger partial charge < -0.3 is 21.1 Å². The first-order chi connectivity index (χ1) is 14.0. The van der Waals surface area contributed by atoms with Crippen LogP contribution in [0.3, 0.4) is 0 Å². The number of hydrogen-bond acceptors (Lipinski definition) is 8. The summed E-state index contributed by atoms with van der Waals surface area (Å²) in [7, 11) is 0. The molecule has 0 radical (unpaired) electrons. The second-order valence-corrected chi connectivity index (χ2v) is 6.51. The number of piperidine rings is 1. The molecule has 152 valence electrons. The van der Waals surface area contributed by atoms with Crippen LogP contribution in [0.25, 0.3) is 0 Å². The highest BCUT2D eigenvalue weighted by Gasteiger charge is 2.23. The first-order valence-electron chi connectivity index (χ1n) is 9.00. The lowest BCUT2D eigenvalue weighted by Gasteiger charge is -2.32. The maximum Gasteiger partial charge on any atom is 0.318 e. The van der Waals surface area contributed by atoms with Crippen molar-refractivity contribution in [1.82, 2.24) is 20.0 Å². The average molecular weight is 399 g/mol. The molecule has 29 heavy (non-hydrogen) atoms. The molecule has 3 rings (SSSR count). The number of nitrogens with zero attached hydrogens (tertiary/aromatic N) is 6. The molecule has 1 saturated heterocycles. The summed E-state index contributed by atoms with van der Waals surface area (Å²) in [6.45, 7) is 1.45. The van der Waals surface area contributed by atoms with Crippen molar-refractivity contribution in [1.29, 1.82) is 5.26 Å². The quantitative estimate of drug-likeness (QED) is 0.282. The van der Waals surface area contributed by atoms with Gasteiger partial charge in [0.2, 0.25) is 5.96 Å². The van der Waals surface area contributed by atoms with E-state index in [9.17, 15) is 4.39 Å². The predicted molar refractivity (Wildman–Crippen MR) is 104 cm³/mol. The van der Waals surface area contributed by atoms with Crippen LogP contribution in [0.5, 0.6) is 6.01 Å². The van der Waals surface area contributed by atoms with Gasteiger partial charge in [-0.2, -0.15) is 10.2 Å². The van der Waals surface area contributed by atoms with Gasteiger partial charge in [-0.15, -0.1) is 5.10 Å². The lowest BCUT2D eigenvalue weighted by atomic mass is 10.1. The summed E-state index contributed by atoms with van der Waals surface area (Å²) in [4.78, 5) is 9.44. The molecule has 1 aliphatic heterocycles. The van der Waals surface area contributed by atoms with E-state index in [4.69, 9.17) is 27.3 Å². The zero-order valence-electron chi connectivity index (χ0n) is 15.7. The molecule has 2 heterocycles. The first-order valence-corrected chi connectivity index (χ1v) is 9.00. The number of hydrazone groups is 1. The Kier molecular flexibility index (Phi) is 6.25. The highest BCUT2D eigenvalue weighted by atomic mass is 19.1. The van der Waals surface area contributed by atoms with Crippen LogP contribution in [-0.4, -0.2) is 45.1 Å². The molecule has 6 N–H and O–H groups in total. The van der Waals surface area contributed by atoms with Crippen molar-refractivity contribution in [3.63, 3.8) is 0 Å². The van der Waals surface area contributed by atoms with Crippen LogP contribution in [0.15, 0.2) is 35.6 Å². The molecule has 0 atom stereocenters. The zero-order chi connectivity index (χ0) is 20.8. The Morgan fingerprint density at radius 1 is 1.38 bits per heavy atom. The maximum absolute atomic E-state index is 13.1. The number of rotatable bonds is 5. The molecule has 0 bridgehead atoms. The van der Waals surface area contributed by atoms with Gasteiger partial charge in [0.25, 0.3) is 0 Å². The van der Waals surface area contributed by atoms with E-state index in [0.29, 0.717) is 31.5 Å². The van der Waals surface area contributed by atoms with Gasteiger partial charge in [-0.3, -0.25) is 0 Å². The Balaban J connectivity index is 1.53. The van der Waals surface area contributed by atoms with Crippen LogP contribution >= 0.6 is 0 Å². The largest absolute Gasteiger partial charge is 0.460 e. The number of hydrazine groups is 1. The van der Waals surface area contributed by atoms with Crippen molar-refractivity contribution >= 4 is 11.8 Å². The number of nitriles is 1. The monoisotopic (exact) mass is 399 g/mol. The topological polar surface area (TPSA) is 156 Å². The molecule has 0 unspecified atom stereocenters. The predicted octanol–water partition coefficient (Wildman–Crippen LogP) is 0.518.